The third-order valence-electron chi connectivity index (χ3n) is 8.28. The number of phenolic OH excluding ortho intramolecular Hbond substituents is 1. The predicted octanol–water partition coefficient (Wildman–Crippen LogP) is 0.823. The fourth-order valence-electron chi connectivity index (χ4n) is 6.33. The minimum Gasteiger partial charge on any atom is -0.507 e. The number of primary amides is 1. The first-order valence-electron chi connectivity index (χ1n) is 12.6. The number of ketones is 4. The maximum Gasteiger partial charge on any atom is 0.403 e. The summed E-state index contributed by atoms with van der Waals surface area (Å²) in [6.07, 6.45) is -5.24. The molecule has 3 aliphatic carbocycles. The average molecular weight is 554 g/mol. The molecule has 0 aliphatic heterocycles. The van der Waals surface area contributed by atoms with Crippen molar-refractivity contribution in [2.45, 2.75) is 57.0 Å². The Morgan fingerprint density at radius 3 is 2.38 bits per heavy atom. The number of Topliss-reactive ketones (excluding diaryl/α,β-unsaturated/α-hetero) is 4. The van der Waals surface area contributed by atoms with Gasteiger partial charge in [-0.2, -0.15) is 13.2 Å². The monoisotopic (exact) mass is 553 g/mol. The number of nitrogens with one attached hydrogen (secondary N) is 1. The lowest BCUT2D eigenvalue weighted by molar-refractivity contribution is -0.175. The first-order chi connectivity index (χ1) is 18.0. The summed E-state index contributed by atoms with van der Waals surface area (Å²) in [4.78, 5) is 66.3. The third-order valence-corrected chi connectivity index (χ3v) is 8.28. The Hall–Kier alpha value is -3.32. The number of aliphatic hydroxyl groups is 1. The van der Waals surface area contributed by atoms with Crippen molar-refractivity contribution in [1.82, 2.24) is 5.32 Å². The Bertz CT molecular complexity index is 1280. The van der Waals surface area contributed by atoms with Crippen LogP contribution in [0.4, 0.5) is 18.9 Å². The molecule has 0 aromatic heterocycles. The number of carbonyl (C=O) groups excluding carboxylic acids is 5. The fraction of sp³-hybridized carbons (Fsp3) is 0.577. The second-order valence-electron chi connectivity index (χ2n) is 10.8. The van der Waals surface area contributed by atoms with Crippen LogP contribution < -0.4 is 16.0 Å². The van der Waals surface area contributed by atoms with Gasteiger partial charge in [0.25, 0.3) is 0 Å². The zero-order valence-corrected chi connectivity index (χ0v) is 21.6. The number of benzene rings is 1. The van der Waals surface area contributed by atoms with Crippen molar-refractivity contribution in [3.63, 3.8) is 0 Å². The smallest absolute Gasteiger partial charge is 0.403 e. The SMILES string of the molecule is CCC(NCc1cc(N(C)C)c2c(c1O)C(=O)C1C(=O)[C@]3(O)C(=O)C(C(N)=O)C(=O)C[C@@H]3C[C@@H]1C2)C(F)(F)F. The summed E-state index contributed by atoms with van der Waals surface area (Å²) in [5, 5.41) is 24.7. The molecule has 5 N–H and O–H groups in total. The van der Waals surface area contributed by atoms with E-state index in [1.807, 2.05) is 0 Å². The number of nitrogens with two attached hydrogens (primary N) is 1. The molecule has 4 rings (SSSR count). The zero-order valence-electron chi connectivity index (χ0n) is 21.6. The molecule has 0 heterocycles. The van der Waals surface area contributed by atoms with Crippen LogP contribution >= 0.6 is 0 Å². The molecular formula is C26H30F3N3O7. The summed E-state index contributed by atoms with van der Waals surface area (Å²) in [6, 6.07) is -0.385. The second kappa shape index (κ2) is 9.70. The highest BCUT2D eigenvalue weighted by molar-refractivity contribution is 6.31. The van der Waals surface area contributed by atoms with Crippen molar-refractivity contribution in [1.29, 1.82) is 0 Å². The standard InChI is InChI=1S/C26H30F3N3O7/c1-4-16(26(27,28)29)31-9-11-7-14(32(2)3)13-6-10-5-12-8-15(33)19(24(30)38)23(37)25(12,39)22(36)17(10)21(35)18(13)20(11)34/h7,10,12,16-17,19,31,34,39H,4-6,8-9H2,1-3H3,(H2,30,38)/t10-,12+,16?,17?,19?,25+/m1/s1. The van der Waals surface area contributed by atoms with E-state index in [0.29, 0.717) is 11.3 Å². The van der Waals surface area contributed by atoms with Crippen LogP contribution in [0.5, 0.6) is 5.75 Å². The van der Waals surface area contributed by atoms with Gasteiger partial charge >= 0.3 is 6.18 Å². The Morgan fingerprint density at radius 2 is 1.85 bits per heavy atom. The van der Waals surface area contributed by atoms with Gasteiger partial charge in [-0.25, -0.2) is 0 Å². The van der Waals surface area contributed by atoms with Crippen LogP contribution in [0.2, 0.25) is 0 Å². The first kappa shape index (κ1) is 28.7. The molecule has 2 saturated carbocycles. The van der Waals surface area contributed by atoms with E-state index in [1.54, 1.807) is 19.0 Å². The second-order valence-corrected chi connectivity index (χ2v) is 10.8. The first-order valence-corrected chi connectivity index (χ1v) is 12.6. The minimum atomic E-state index is -4.54. The van der Waals surface area contributed by atoms with Crippen molar-refractivity contribution >= 4 is 34.7 Å². The molecule has 0 saturated heterocycles. The van der Waals surface area contributed by atoms with E-state index in [-0.39, 0.29) is 30.4 Å². The van der Waals surface area contributed by atoms with Crippen molar-refractivity contribution in [3.8, 4) is 5.75 Å². The van der Waals surface area contributed by atoms with Gasteiger partial charge < -0.3 is 26.2 Å². The van der Waals surface area contributed by atoms with E-state index >= 15 is 0 Å². The molecule has 6 atom stereocenters. The Kier molecular flexibility index (Phi) is 7.13. The third kappa shape index (κ3) is 4.41. The number of rotatable bonds is 6. The molecule has 1 aromatic carbocycles. The summed E-state index contributed by atoms with van der Waals surface area (Å²) in [5.41, 5.74) is 2.96. The lowest BCUT2D eigenvalue weighted by Gasteiger charge is -2.48. The highest BCUT2D eigenvalue weighted by Gasteiger charge is 2.66. The maximum absolute atomic E-state index is 13.8. The number of hydrogen-bond acceptors (Lipinski definition) is 9. The number of anilines is 1. The van der Waals surface area contributed by atoms with Crippen molar-refractivity contribution in [2.24, 2.45) is 29.4 Å². The van der Waals surface area contributed by atoms with Crippen molar-refractivity contribution in [2.75, 3.05) is 19.0 Å². The number of amides is 1. The Labute approximate surface area is 221 Å². The molecule has 1 amide bonds. The number of nitrogens with zero attached hydrogens (tertiary/aromatic N) is 1. The van der Waals surface area contributed by atoms with Gasteiger partial charge in [0.15, 0.2) is 34.7 Å². The number of alkyl halides is 3. The summed E-state index contributed by atoms with van der Waals surface area (Å²) in [6.45, 7) is 0.919. The minimum absolute atomic E-state index is 0.0000661. The van der Waals surface area contributed by atoms with Crippen LogP contribution in [-0.4, -0.2) is 71.2 Å². The lowest BCUT2D eigenvalue weighted by atomic mass is 9.53. The lowest BCUT2D eigenvalue weighted by Crippen LogP contribution is -2.68. The highest BCUT2D eigenvalue weighted by atomic mass is 19.4. The van der Waals surface area contributed by atoms with Crippen LogP contribution in [0.15, 0.2) is 6.07 Å². The normalized spacial score (nSPS) is 29.4. The number of carbonyl (C=O) groups is 5. The van der Waals surface area contributed by atoms with Gasteiger partial charge in [-0.3, -0.25) is 24.0 Å². The van der Waals surface area contributed by atoms with Crippen LogP contribution in [0.3, 0.4) is 0 Å². The van der Waals surface area contributed by atoms with Crippen molar-refractivity contribution in [3.05, 3.63) is 22.8 Å². The van der Waals surface area contributed by atoms with Crippen molar-refractivity contribution < 1.29 is 47.4 Å². The molecule has 212 valence electrons. The molecule has 1 aromatic rings. The number of hydrogen-bond donors (Lipinski definition) is 4. The van der Waals surface area contributed by atoms with Crippen LogP contribution in [-0.2, 0) is 32.1 Å². The largest absolute Gasteiger partial charge is 0.507 e. The molecule has 0 bridgehead atoms. The van der Waals surface area contributed by atoms with E-state index < -0.39 is 89.2 Å². The van der Waals surface area contributed by atoms with E-state index in [2.05, 4.69) is 5.32 Å². The van der Waals surface area contributed by atoms with Gasteiger partial charge in [-0.1, -0.05) is 6.92 Å². The maximum atomic E-state index is 13.8. The van der Waals surface area contributed by atoms with E-state index in [0.717, 1.165) is 0 Å². The fourth-order valence-corrected chi connectivity index (χ4v) is 6.33. The van der Waals surface area contributed by atoms with E-state index in [1.165, 1.54) is 13.0 Å². The molecule has 0 spiro atoms. The quantitative estimate of drug-likeness (QED) is 0.373. The topological polar surface area (TPSA) is 167 Å². The average Bonchev–Trinajstić information content (AvgIpc) is 2.81. The molecular weight excluding hydrogens is 523 g/mol. The number of phenols is 1. The summed E-state index contributed by atoms with van der Waals surface area (Å²) < 4.78 is 39.8. The van der Waals surface area contributed by atoms with Gasteiger partial charge in [-0.15, -0.1) is 0 Å². The van der Waals surface area contributed by atoms with Gasteiger partial charge in [0.1, 0.15) is 11.8 Å². The number of halogens is 3. The number of aromatic hydroxyl groups is 1. The van der Waals surface area contributed by atoms with Crippen LogP contribution in [0.1, 0.15) is 47.7 Å². The molecule has 0 radical (unpaired) electrons. The Balaban J connectivity index is 1.77. The van der Waals surface area contributed by atoms with Gasteiger partial charge in [0, 0.05) is 44.2 Å². The molecule has 39 heavy (non-hydrogen) atoms. The van der Waals surface area contributed by atoms with Gasteiger partial charge in [-0.05, 0) is 36.8 Å². The Morgan fingerprint density at radius 1 is 1.21 bits per heavy atom. The number of fused-ring (bicyclic) bond motifs is 3. The predicted molar refractivity (Wildman–Crippen MR) is 130 cm³/mol. The van der Waals surface area contributed by atoms with Gasteiger partial charge in [0.2, 0.25) is 5.91 Å². The zero-order chi connectivity index (χ0) is 29.2. The van der Waals surface area contributed by atoms with Crippen LogP contribution in [0, 0.1) is 23.7 Å². The highest BCUT2D eigenvalue weighted by Crippen LogP contribution is 2.51. The van der Waals surface area contributed by atoms with E-state index in [4.69, 9.17) is 5.73 Å². The molecule has 3 unspecified atom stereocenters. The van der Waals surface area contributed by atoms with Crippen LogP contribution in [0.25, 0.3) is 0 Å². The molecule has 2 fully saturated rings. The molecule has 10 nitrogen and oxygen atoms in total. The molecule has 3 aliphatic rings. The summed E-state index contributed by atoms with van der Waals surface area (Å²) >= 11 is 0. The summed E-state index contributed by atoms with van der Waals surface area (Å²) in [5.74, 6) is -11.5. The molecule has 13 heteroatoms. The van der Waals surface area contributed by atoms with E-state index in [9.17, 15) is 47.4 Å². The summed E-state index contributed by atoms with van der Waals surface area (Å²) in [7, 11) is 3.30. The van der Waals surface area contributed by atoms with Gasteiger partial charge in [0.05, 0.1) is 11.5 Å².